The number of phenols is 1. The van der Waals surface area contributed by atoms with Gasteiger partial charge in [-0.15, -0.1) is 0 Å². The fourth-order valence-corrected chi connectivity index (χ4v) is 5.20. The highest BCUT2D eigenvalue weighted by Gasteiger charge is 2.28. The summed E-state index contributed by atoms with van der Waals surface area (Å²) in [5.41, 5.74) is 4.60. The van der Waals surface area contributed by atoms with Crippen molar-refractivity contribution >= 4 is 34.4 Å². The van der Waals surface area contributed by atoms with Crippen LogP contribution in [0, 0.1) is 5.82 Å². The number of piperazine rings is 1. The van der Waals surface area contributed by atoms with E-state index in [-0.39, 0.29) is 22.7 Å². The van der Waals surface area contributed by atoms with Crippen LogP contribution in [0.1, 0.15) is 34.8 Å². The standard InChI is InChI=1S/C31H30FN5O4/c1-41-24-10-6-21(7-11-24)35-12-14-36(15-13-35)29-17-28-25(16-27(29)32)30(39)26(19-37(28)22-4-5-22)31(40)34-33-18-20-2-8-23(38)9-3-20/h2-3,6-11,16-19,22,38H,4-5,12-15H2,1H3,(H,34,40)/b33-18-. The Morgan fingerprint density at radius 1 is 1.02 bits per heavy atom. The van der Waals surface area contributed by atoms with Crippen LogP contribution in [-0.4, -0.2) is 55.1 Å². The first-order valence-corrected chi connectivity index (χ1v) is 13.6. The molecule has 1 aliphatic carbocycles. The van der Waals surface area contributed by atoms with Crippen LogP contribution in [0.3, 0.4) is 0 Å². The molecule has 4 aromatic rings. The van der Waals surface area contributed by atoms with Crippen molar-refractivity contribution in [3.63, 3.8) is 0 Å². The average molecular weight is 556 g/mol. The van der Waals surface area contributed by atoms with Crippen molar-refractivity contribution in [1.82, 2.24) is 9.99 Å². The van der Waals surface area contributed by atoms with Crippen molar-refractivity contribution in [3.8, 4) is 11.5 Å². The van der Waals surface area contributed by atoms with E-state index < -0.39 is 17.2 Å². The fraction of sp³-hybridized carbons (Fsp3) is 0.258. The Morgan fingerprint density at radius 2 is 1.71 bits per heavy atom. The number of carbonyl (C=O) groups is 1. The summed E-state index contributed by atoms with van der Waals surface area (Å²) in [4.78, 5) is 30.6. The number of hydrogen-bond donors (Lipinski definition) is 2. The number of nitrogens with one attached hydrogen (secondary N) is 1. The Hall–Kier alpha value is -4.86. The normalized spacial score (nSPS) is 15.5. The number of phenolic OH excluding ortho intramolecular Hbond substituents is 1. The van der Waals surface area contributed by atoms with Crippen molar-refractivity contribution in [1.29, 1.82) is 0 Å². The topological polar surface area (TPSA) is 99.4 Å². The van der Waals surface area contributed by atoms with Gasteiger partial charge < -0.3 is 24.2 Å². The molecule has 2 aliphatic rings. The largest absolute Gasteiger partial charge is 0.508 e. The number of pyridine rings is 1. The molecule has 1 saturated carbocycles. The second kappa shape index (κ2) is 11.0. The number of fused-ring (bicyclic) bond motifs is 1. The van der Waals surface area contributed by atoms with E-state index in [0.29, 0.717) is 29.9 Å². The second-order valence-electron chi connectivity index (χ2n) is 10.3. The molecule has 0 atom stereocenters. The maximum absolute atomic E-state index is 15.5. The van der Waals surface area contributed by atoms with E-state index in [1.165, 1.54) is 24.4 Å². The molecule has 0 radical (unpaired) electrons. The van der Waals surface area contributed by atoms with Gasteiger partial charge in [0.2, 0.25) is 5.43 Å². The summed E-state index contributed by atoms with van der Waals surface area (Å²) in [7, 11) is 1.64. The number of methoxy groups -OCH3 is 1. The molecule has 6 rings (SSSR count). The summed E-state index contributed by atoms with van der Waals surface area (Å²) in [5, 5.41) is 13.5. The molecule has 1 saturated heterocycles. The van der Waals surface area contributed by atoms with Gasteiger partial charge in [-0.3, -0.25) is 9.59 Å². The van der Waals surface area contributed by atoms with E-state index in [4.69, 9.17) is 4.74 Å². The smallest absolute Gasteiger partial charge is 0.276 e. The second-order valence-corrected chi connectivity index (χ2v) is 10.3. The number of aromatic hydroxyl groups is 1. The van der Waals surface area contributed by atoms with Crippen molar-refractivity contribution in [2.45, 2.75) is 18.9 Å². The Kier molecular flexibility index (Phi) is 7.05. The van der Waals surface area contributed by atoms with Crippen LogP contribution in [0.15, 0.2) is 76.8 Å². The fourth-order valence-electron chi connectivity index (χ4n) is 5.20. The maximum atomic E-state index is 15.5. The summed E-state index contributed by atoms with van der Waals surface area (Å²) < 4.78 is 22.7. The predicted molar refractivity (Wildman–Crippen MR) is 157 cm³/mol. The van der Waals surface area contributed by atoms with E-state index in [9.17, 15) is 14.7 Å². The van der Waals surface area contributed by atoms with Crippen LogP contribution in [0.25, 0.3) is 10.9 Å². The quantitative estimate of drug-likeness (QED) is 0.261. The first-order valence-electron chi connectivity index (χ1n) is 13.6. The lowest BCUT2D eigenvalue weighted by Crippen LogP contribution is -2.46. The van der Waals surface area contributed by atoms with Crippen molar-refractivity contribution in [3.05, 3.63) is 94.0 Å². The highest BCUT2D eigenvalue weighted by Crippen LogP contribution is 2.38. The molecule has 1 aliphatic heterocycles. The minimum atomic E-state index is -0.666. The van der Waals surface area contributed by atoms with Crippen molar-refractivity contribution in [2.75, 3.05) is 43.1 Å². The minimum absolute atomic E-state index is 0.0903. The summed E-state index contributed by atoms with van der Waals surface area (Å²) >= 11 is 0. The highest BCUT2D eigenvalue weighted by atomic mass is 19.1. The first kappa shape index (κ1) is 26.4. The number of hydrazone groups is 1. The van der Waals surface area contributed by atoms with Gasteiger partial charge in [-0.25, -0.2) is 9.82 Å². The molecule has 1 aromatic heterocycles. The van der Waals surface area contributed by atoms with Crippen molar-refractivity contribution < 1.29 is 19.0 Å². The zero-order valence-corrected chi connectivity index (χ0v) is 22.6. The Bertz CT molecular complexity index is 1670. The molecule has 2 N–H and O–H groups in total. The zero-order chi connectivity index (χ0) is 28.5. The molecule has 10 heteroatoms. The van der Waals surface area contributed by atoms with Crippen LogP contribution in [0.4, 0.5) is 15.8 Å². The van der Waals surface area contributed by atoms with E-state index in [1.807, 2.05) is 33.7 Å². The van der Waals surface area contributed by atoms with E-state index in [1.54, 1.807) is 31.5 Å². The van der Waals surface area contributed by atoms with Crippen LogP contribution >= 0.6 is 0 Å². The predicted octanol–water partition coefficient (Wildman–Crippen LogP) is 4.28. The summed E-state index contributed by atoms with van der Waals surface area (Å²) in [5.74, 6) is -0.234. The van der Waals surface area contributed by atoms with Crippen LogP contribution < -0.4 is 25.4 Å². The number of carbonyl (C=O) groups excluding carboxylic acids is 1. The molecule has 2 heterocycles. The molecule has 1 amide bonds. The lowest BCUT2D eigenvalue weighted by atomic mass is 10.1. The number of halogens is 1. The Labute approximate surface area is 236 Å². The molecule has 0 unspecified atom stereocenters. The molecule has 3 aromatic carbocycles. The summed E-state index contributed by atoms with van der Waals surface area (Å²) in [6.45, 7) is 2.70. The van der Waals surface area contributed by atoms with Gasteiger partial charge in [0, 0.05) is 49.5 Å². The van der Waals surface area contributed by atoms with Gasteiger partial charge in [0.05, 0.1) is 24.5 Å². The third-order valence-corrected chi connectivity index (χ3v) is 7.62. The van der Waals surface area contributed by atoms with Gasteiger partial charge in [0.1, 0.15) is 22.9 Å². The number of aromatic nitrogens is 1. The van der Waals surface area contributed by atoms with Crippen LogP contribution in [0.2, 0.25) is 0 Å². The number of nitrogens with zero attached hydrogens (tertiary/aromatic N) is 4. The van der Waals surface area contributed by atoms with Gasteiger partial charge in [-0.2, -0.15) is 5.10 Å². The number of hydrogen-bond acceptors (Lipinski definition) is 7. The molecular weight excluding hydrogens is 525 g/mol. The first-order chi connectivity index (χ1) is 19.9. The molecule has 2 fully saturated rings. The molecule has 0 spiro atoms. The van der Waals surface area contributed by atoms with Crippen molar-refractivity contribution in [2.24, 2.45) is 5.10 Å². The minimum Gasteiger partial charge on any atom is -0.508 e. The molecule has 0 bridgehead atoms. The van der Waals surface area contributed by atoms with Crippen LogP contribution in [0.5, 0.6) is 11.5 Å². The lowest BCUT2D eigenvalue weighted by molar-refractivity contribution is 0.0953. The molecule has 41 heavy (non-hydrogen) atoms. The Balaban J connectivity index is 1.24. The highest BCUT2D eigenvalue weighted by molar-refractivity contribution is 5.98. The van der Waals surface area contributed by atoms with Gasteiger partial charge in [0.25, 0.3) is 5.91 Å². The van der Waals surface area contributed by atoms with Crippen LogP contribution in [-0.2, 0) is 0 Å². The van der Waals surface area contributed by atoms with E-state index in [0.717, 1.165) is 37.4 Å². The monoisotopic (exact) mass is 555 g/mol. The van der Waals surface area contributed by atoms with Gasteiger partial charge in [0.15, 0.2) is 0 Å². The Morgan fingerprint density at radius 3 is 2.37 bits per heavy atom. The third kappa shape index (κ3) is 5.45. The SMILES string of the molecule is COc1ccc(N2CCN(c3cc4c(cc3F)c(=O)c(C(=O)N/N=C\c3ccc(O)cc3)cn4C3CC3)CC2)cc1. The van der Waals surface area contributed by atoms with Gasteiger partial charge in [-0.1, -0.05) is 0 Å². The summed E-state index contributed by atoms with van der Waals surface area (Å²) in [6, 6.07) is 17.3. The molecule has 210 valence electrons. The number of ether oxygens (including phenoxy) is 1. The maximum Gasteiger partial charge on any atom is 0.276 e. The number of rotatable bonds is 7. The average Bonchev–Trinajstić information content (AvgIpc) is 3.84. The number of benzene rings is 3. The van der Waals surface area contributed by atoms with Gasteiger partial charge >= 0.3 is 0 Å². The molecular formula is C31H30FN5O4. The number of anilines is 2. The summed E-state index contributed by atoms with van der Waals surface area (Å²) in [6.07, 6.45) is 4.83. The zero-order valence-electron chi connectivity index (χ0n) is 22.6. The van der Waals surface area contributed by atoms with E-state index in [2.05, 4.69) is 15.4 Å². The molecule has 9 nitrogen and oxygen atoms in total. The number of amides is 1. The van der Waals surface area contributed by atoms with E-state index >= 15 is 4.39 Å². The van der Waals surface area contributed by atoms with Gasteiger partial charge in [-0.05, 0) is 79.1 Å². The third-order valence-electron chi connectivity index (χ3n) is 7.62. The lowest BCUT2D eigenvalue weighted by Gasteiger charge is -2.37.